The van der Waals surface area contributed by atoms with Crippen LogP contribution < -0.4 is 10.6 Å². The zero-order valence-electron chi connectivity index (χ0n) is 13.1. The summed E-state index contributed by atoms with van der Waals surface area (Å²) >= 11 is 0. The van der Waals surface area contributed by atoms with Crippen LogP contribution in [0.4, 0.5) is 4.39 Å². The first kappa shape index (κ1) is 17.8. The lowest BCUT2D eigenvalue weighted by Gasteiger charge is -2.16. The SMILES string of the molecule is CN=C(NCCc1c[nH]c2cc(F)ccc12)NC1CC=CC1.I. The minimum Gasteiger partial charge on any atom is -0.361 e. The molecule has 1 aromatic heterocycles. The Morgan fingerprint density at radius 1 is 1.35 bits per heavy atom. The summed E-state index contributed by atoms with van der Waals surface area (Å²) in [5, 5.41) is 7.82. The number of guanidine groups is 1. The van der Waals surface area contributed by atoms with Crippen molar-refractivity contribution in [3.05, 3.63) is 47.9 Å². The van der Waals surface area contributed by atoms with E-state index < -0.39 is 0 Å². The summed E-state index contributed by atoms with van der Waals surface area (Å²) in [4.78, 5) is 7.37. The van der Waals surface area contributed by atoms with Gasteiger partial charge in [-0.2, -0.15) is 0 Å². The topological polar surface area (TPSA) is 52.2 Å². The molecule has 0 saturated carbocycles. The van der Waals surface area contributed by atoms with E-state index in [1.54, 1.807) is 7.05 Å². The van der Waals surface area contributed by atoms with Gasteiger partial charge in [-0.25, -0.2) is 4.39 Å². The molecule has 0 bridgehead atoms. The summed E-state index contributed by atoms with van der Waals surface area (Å²) in [6, 6.07) is 5.30. The van der Waals surface area contributed by atoms with Gasteiger partial charge in [0.25, 0.3) is 0 Å². The first-order valence-corrected chi connectivity index (χ1v) is 7.64. The molecule has 0 fully saturated rings. The van der Waals surface area contributed by atoms with Gasteiger partial charge in [0.1, 0.15) is 5.82 Å². The molecular formula is C17H22FIN4. The van der Waals surface area contributed by atoms with Crippen molar-refractivity contribution < 1.29 is 4.39 Å². The number of nitrogens with one attached hydrogen (secondary N) is 3. The van der Waals surface area contributed by atoms with Crippen LogP contribution in [0.3, 0.4) is 0 Å². The number of aliphatic imine (C=N–C) groups is 1. The summed E-state index contributed by atoms with van der Waals surface area (Å²) in [6.45, 7) is 0.782. The summed E-state index contributed by atoms with van der Waals surface area (Å²) in [6.07, 6.45) is 9.29. The second-order valence-electron chi connectivity index (χ2n) is 5.54. The number of aromatic nitrogens is 1. The van der Waals surface area contributed by atoms with E-state index in [2.05, 4.69) is 32.8 Å². The van der Waals surface area contributed by atoms with Crippen LogP contribution in [0.25, 0.3) is 10.9 Å². The fourth-order valence-electron chi connectivity index (χ4n) is 2.80. The largest absolute Gasteiger partial charge is 0.361 e. The predicted octanol–water partition coefficient (Wildman–Crippen LogP) is 3.35. The van der Waals surface area contributed by atoms with Crippen molar-refractivity contribution in [2.45, 2.75) is 25.3 Å². The van der Waals surface area contributed by atoms with E-state index in [4.69, 9.17) is 0 Å². The molecule has 1 aliphatic carbocycles. The van der Waals surface area contributed by atoms with Crippen LogP contribution in [0.5, 0.6) is 0 Å². The molecule has 0 saturated heterocycles. The molecule has 2 aromatic rings. The fourth-order valence-corrected chi connectivity index (χ4v) is 2.80. The third-order valence-corrected chi connectivity index (χ3v) is 3.99. The first-order valence-electron chi connectivity index (χ1n) is 7.64. The summed E-state index contributed by atoms with van der Waals surface area (Å²) in [7, 11) is 1.78. The summed E-state index contributed by atoms with van der Waals surface area (Å²) < 4.78 is 13.2. The second kappa shape index (κ2) is 8.33. The Morgan fingerprint density at radius 3 is 2.87 bits per heavy atom. The molecule has 0 unspecified atom stereocenters. The molecule has 1 aromatic carbocycles. The van der Waals surface area contributed by atoms with E-state index in [1.165, 1.54) is 17.7 Å². The molecule has 23 heavy (non-hydrogen) atoms. The van der Waals surface area contributed by atoms with Crippen molar-refractivity contribution in [2.75, 3.05) is 13.6 Å². The third kappa shape index (κ3) is 4.46. The van der Waals surface area contributed by atoms with Crippen molar-refractivity contribution in [1.29, 1.82) is 0 Å². The molecular weight excluding hydrogens is 406 g/mol. The zero-order chi connectivity index (χ0) is 15.4. The number of H-pyrrole nitrogens is 1. The number of aromatic amines is 1. The number of benzene rings is 1. The number of nitrogens with zero attached hydrogens (tertiary/aromatic N) is 1. The molecule has 0 aliphatic heterocycles. The van der Waals surface area contributed by atoms with Gasteiger partial charge in [0.15, 0.2) is 5.96 Å². The average Bonchev–Trinajstić information content (AvgIpc) is 3.16. The Kier molecular flexibility index (Phi) is 6.44. The lowest BCUT2D eigenvalue weighted by atomic mass is 10.1. The Hall–Kier alpha value is -1.57. The molecule has 6 heteroatoms. The van der Waals surface area contributed by atoms with Gasteiger partial charge >= 0.3 is 0 Å². The third-order valence-electron chi connectivity index (χ3n) is 3.99. The fraction of sp³-hybridized carbons (Fsp3) is 0.353. The van der Waals surface area contributed by atoms with Crippen molar-refractivity contribution in [3.8, 4) is 0 Å². The highest BCUT2D eigenvalue weighted by Gasteiger charge is 2.11. The highest BCUT2D eigenvalue weighted by Crippen LogP contribution is 2.19. The number of fused-ring (bicyclic) bond motifs is 1. The Labute approximate surface area is 152 Å². The molecule has 1 aliphatic rings. The minimum atomic E-state index is -0.214. The van der Waals surface area contributed by atoms with E-state index in [0.29, 0.717) is 6.04 Å². The minimum absolute atomic E-state index is 0. The van der Waals surface area contributed by atoms with E-state index in [1.807, 2.05) is 12.3 Å². The van der Waals surface area contributed by atoms with Crippen LogP contribution in [0.1, 0.15) is 18.4 Å². The van der Waals surface area contributed by atoms with Gasteiger partial charge in [0, 0.05) is 36.7 Å². The lowest BCUT2D eigenvalue weighted by molar-refractivity contribution is 0.629. The van der Waals surface area contributed by atoms with Gasteiger partial charge in [0.2, 0.25) is 0 Å². The van der Waals surface area contributed by atoms with Gasteiger partial charge in [-0.05, 0) is 43.0 Å². The van der Waals surface area contributed by atoms with Crippen molar-refractivity contribution in [3.63, 3.8) is 0 Å². The monoisotopic (exact) mass is 428 g/mol. The molecule has 4 nitrogen and oxygen atoms in total. The first-order chi connectivity index (χ1) is 10.8. The van der Waals surface area contributed by atoms with E-state index in [9.17, 15) is 4.39 Å². The molecule has 3 N–H and O–H groups in total. The Balaban J connectivity index is 0.00000192. The van der Waals surface area contributed by atoms with Gasteiger partial charge in [-0.15, -0.1) is 24.0 Å². The number of halogens is 2. The highest BCUT2D eigenvalue weighted by molar-refractivity contribution is 14.0. The highest BCUT2D eigenvalue weighted by atomic mass is 127. The number of hydrogen-bond acceptors (Lipinski definition) is 1. The van der Waals surface area contributed by atoms with Crippen LogP contribution in [0.15, 0.2) is 41.5 Å². The average molecular weight is 428 g/mol. The molecule has 124 valence electrons. The van der Waals surface area contributed by atoms with E-state index in [-0.39, 0.29) is 29.8 Å². The van der Waals surface area contributed by atoms with Gasteiger partial charge in [0.05, 0.1) is 0 Å². The molecule has 0 radical (unpaired) electrons. The standard InChI is InChI=1S/C17H21FN4.HI/c1-19-17(22-14-4-2-3-5-14)20-9-8-12-11-21-16-10-13(18)6-7-15(12)16;/h2-3,6-7,10-11,14,21H,4-5,8-9H2,1H3,(H2,19,20,22);1H. The van der Waals surface area contributed by atoms with Crippen LogP contribution in [-0.4, -0.2) is 30.6 Å². The zero-order valence-corrected chi connectivity index (χ0v) is 15.4. The van der Waals surface area contributed by atoms with Crippen LogP contribution >= 0.6 is 24.0 Å². The molecule has 0 spiro atoms. The van der Waals surface area contributed by atoms with E-state index >= 15 is 0 Å². The van der Waals surface area contributed by atoms with Crippen LogP contribution in [-0.2, 0) is 6.42 Å². The van der Waals surface area contributed by atoms with Gasteiger partial charge < -0.3 is 15.6 Å². The predicted molar refractivity (Wildman–Crippen MR) is 104 cm³/mol. The molecule has 0 atom stereocenters. The smallest absolute Gasteiger partial charge is 0.191 e. The van der Waals surface area contributed by atoms with Crippen LogP contribution in [0.2, 0.25) is 0 Å². The van der Waals surface area contributed by atoms with Crippen molar-refractivity contribution in [2.24, 2.45) is 4.99 Å². The number of hydrogen-bond donors (Lipinski definition) is 3. The maximum atomic E-state index is 13.2. The molecule has 1 heterocycles. The van der Waals surface area contributed by atoms with Gasteiger partial charge in [-0.1, -0.05) is 12.2 Å². The Morgan fingerprint density at radius 2 is 2.13 bits per heavy atom. The maximum absolute atomic E-state index is 13.2. The molecule has 3 rings (SSSR count). The number of rotatable bonds is 4. The van der Waals surface area contributed by atoms with Crippen molar-refractivity contribution in [1.82, 2.24) is 15.6 Å². The van der Waals surface area contributed by atoms with Crippen molar-refractivity contribution >= 4 is 40.8 Å². The molecule has 0 amide bonds. The Bertz CT molecular complexity index is 700. The second-order valence-corrected chi connectivity index (χ2v) is 5.54. The van der Waals surface area contributed by atoms with Gasteiger partial charge in [-0.3, -0.25) is 4.99 Å². The quantitative estimate of drug-likeness (QED) is 0.303. The van der Waals surface area contributed by atoms with Crippen LogP contribution in [0, 0.1) is 5.82 Å². The summed E-state index contributed by atoms with van der Waals surface area (Å²) in [5.74, 6) is 0.619. The summed E-state index contributed by atoms with van der Waals surface area (Å²) in [5.41, 5.74) is 2.02. The maximum Gasteiger partial charge on any atom is 0.191 e. The normalized spacial score (nSPS) is 15.0. The lowest BCUT2D eigenvalue weighted by Crippen LogP contribution is -2.43. The van der Waals surface area contributed by atoms with E-state index in [0.717, 1.165) is 42.7 Å².